The fourth-order valence-electron chi connectivity index (χ4n) is 5.53. The van der Waals surface area contributed by atoms with Crippen molar-refractivity contribution in [2.45, 2.75) is 24.8 Å². The summed E-state index contributed by atoms with van der Waals surface area (Å²) in [6.45, 7) is 0. The molecule has 0 saturated carbocycles. The zero-order chi connectivity index (χ0) is 23.2. The van der Waals surface area contributed by atoms with Gasteiger partial charge in [0, 0.05) is 23.2 Å². The Labute approximate surface area is 198 Å². The topological polar surface area (TPSA) is 58.6 Å². The lowest BCUT2D eigenvalue weighted by Gasteiger charge is -2.37. The largest absolute Gasteiger partial charge is 0.504 e. The van der Waals surface area contributed by atoms with E-state index < -0.39 is 0 Å². The van der Waals surface area contributed by atoms with Gasteiger partial charge in [-0.25, -0.2) is 0 Å². The summed E-state index contributed by atoms with van der Waals surface area (Å²) in [5.41, 5.74) is 6.19. The highest BCUT2D eigenvalue weighted by Gasteiger charge is 2.38. The van der Waals surface area contributed by atoms with Crippen LogP contribution in [0.2, 0.25) is 0 Å². The highest BCUT2D eigenvalue weighted by atomic mass is 16.5. The van der Waals surface area contributed by atoms with E-state index in [0.29, 0.717) is 12.2 Å². The molecule has 0 fully saturated rings. The van der Waals surface area contributed by atoms with E-state index in [1.165, 1.54) is 12.7 Å². The van der Waals surface area contributed by atoms with E-state index in [4.69, 9.17) is 4.74 Å². The minimum Gasteiger partial charge on any atom is -0.504 e. The van der Waals surface area contributed by atoms with Gasteiger partial charge < -0.3 is 15.2 Å². The van der Waals surface area contributed by atoms with Crippen LogP contribution >= 0.6 is 0 Å². The van der Waals surface area contributed by atoms with Crippen molar-refractivity contribution in [1.29, 1.82) is 0 Å². The summed E-state index contributed by atoms with van der Waals surface area (Å²) >= 11 is 0. The van der Waals surface area contributed by atoms with Crippen molar-refractivity contribution in [1.82, 2.24) is 0 Å². The van der Waals surface area contributed by atoms with E-state index in [2.05, 4.69) is 47.8 Å². The second-order valence-corrected chi connectivity index (χ2v) is 9.05. The number of allylic oxidation sites excluding steroid dienone is 1. The molecule has 34 heavy (non-hydrogen) atoms. The van der Waals surface area contributed by atoms with Crippen molar-refractivity contribution in [3.8, 4) is 11.5 Å². The third kappa shape index (κ3) is 3.26. The molecule has 1 heterocycles. The van der Waals surface area contributed by atoms with E-state index in [1.54, 1.807) is 6.07 Å². The number of methoxy groups -OCH3 is 1. The summed E-state index contributed by atoms with van der Waals surface area (Å²) in [7, 11) is 1.54. The normalized spacial score (nSPS) is 19.4. The number of carbonyl (C=O) groups excluding carboxylic acids is 1. The molecule has 0 saturated heterocycles. The minimum atomic E-state index is -0.303. The van der Waals surface area contributed by atoms with Gasteiger partial charge >= 0.3 is 0 Å². The summed E-state index contributed by atoms with van der Waals surface area (Å²) in [5.74, 6) is 0.795. The standard InChI is InChI=1S/C30H25NO3/c1-34-27-17-20(12-14-25(27)32)30-29-23(15-21(16-26(29)33)18-7-3-2-4-8-18)28-22-10-6-5-9-19(22)11-13-24(28)31-30/h2-14,17,21,30-32H,15-16H2,1H3/t21-,30-/m0/s1. The van der Waals surface area contributed by atoms with E-state index in [9.17, 15) is 9.90 Å². The number of phenols is 1. The Balaban J connectivity index is 1.57. The maximum atomic E-state index is 13.8. The van der Waals surface area contributed by atoms with Crippen LogP contribution in [0.15, 0.2) is 90.5 Å². The third-order valence-corrected chi connectivity index (χ3v) is 7.14. The second kappa shape index (κ2) is 8.07. The number of aromatic hydroxyl groups is 1. The summed E-state index contributed by atoms with van der Waals surface area (Å²) in [6.07, 6.45) is 1.29. The Morgan fingerprint density at radius 3 is 2.50 bits per heavy atom. The van der Waals surface area contributed by atoms with Gasteiger partial charge in [0.05, 0.1) is 13.2 Å². The lowest BCUT2D eigenvalue weighted by atomic mass is 9.71. The predicted octanol–water partition coefficient (Wildman–Crippen LogP) is 6.62. The van der Waals surface area contributed by atoms with Crippen LogP contribution in [0.1, 0.15) is 41.5 Å². The molecule has 4 nitrogen and oxygen atoms in total. The fraction of sp³-hybridized carbons (Fsp3) is 0.167. The third-order valence-electron chi connectivity index (χ3n) is 7.14. The molecule has 4 aromatic rings. The number of Topliss-reactive ketones (excluding diaryl/α,β-unsaturated/α-hetero) is 1. The molecule has 2 atom stereocenters. The first-order valence-electron chi connectivity index (χ1n) is 11.6. The van der Waals surface area contributed by atoms with Crippen molar-refractivity contribution in [2.24, 2.45) is 0 Å². The van der Waals surface area contributed by atoms with Crippen LogP contribution in [0, 0.1) is 0 Å². The Bertz CT molecular complexity index is 1450. The van der Waals surface area contributed by atoms with Crippen molar-refractivity contribution in [2.75, 3.05) is 12.4 Å². The van der Waals surface area contributed by atoms with Gasteiger partial charge in [-0.3, -0.25) is 4.79 Å². The molecule has 0 aromatic heterocycles. The number of fused-ring (bicyclic) bond motifs is 4. The Morgan fingerprint density at radius 1 is 0.882 bits per heavy atom. The number of nitrogens with one attached hydrogen (secondary N) is 1. The smallest absolute Gasteiger partial charge is 0.162 e. The number of carbonyl (C=O) groups is 1. The van der Waals surface area contributed by atoms with Crippen LogP contribution in [0.3, 0.4) is 0 Å². The van der Waals surface area contributed by atoms with Gasteiger partial charge in [-0.2, -0.15) is 0 Å². The molecular formula is C30H25NO3. The monoisotopic (exact) mass is 447 g/mol. The number of anilines is 1. The van der Waals surface area contributed by atoms with Gasteiger partial charge in [0.15, 0.2) is 17.3 Å². The van der Waals surface area contributed by atoms with Gasteiger partial charge in [-0.15, -0.1) is 0 Å². The molecule has 6 rings (SSSR count). The molecular weight excluding hydrogens is 422 g/mol. The van der Waals surface area contributed by atoms with Crippen LogP contribution < -0.4 is 10.1 Å². The molecule has 0 amide bonds. The van der Waals surface area contributed by atoms with Gasteiger partial charge in [0.25, 0.3) is 0 Å². The number of hydrogen-bond donors (Lipinski definition) is 2. The molecule has 0 spiro atoms. The summed E-state index contributed by atoms with van der Waals surface area (Å²) in [5, 5.41) is 16.1. The van der Waals surface area contributed by atoms with Crippen LogP contribution in [-0.4, -0.2) is 18.0 Å². The average Bonchev–Trinajstić information content (AvgIpc) is 2.88. The van der Waals surface area contributed by atoms with Crippen molar-refractivity contribution >= 4 is 27.8 Å². The Hall–Kier alpha value is -4.05. The molecule has 0 radical (unpaired) electrons. The lowest BCUT2D eigenvalue weighted by Crippen LogP contribution is -2.29. The minimum absolute atomic E-state index is 0.0850. The quantitative estimate of drug-likeness (QED) is 0.370. The number of ether oxygens (including phenoxy) is 1. The van der Waals surface area contributed by atoms with Crippen molar-refractivity contribution < 1.29 is 14.6 Å². The van der Waals surface area contributed by atoms with Gasteiger partial charge in [-0.1, -0.05) is 66.7 Å². The maximum absolute atomic E-state index is 13.8. The molecule has 4 aromatic carbocycles. The predicted molar refractivity (Wildman–Crippen MR) is 135 cm³/mol. The van der Waals surface area contributed by atoms with Gasteiger partial charge in [-0.05, 0) is 58.0 Å². The van der Waals surface area contributed by atoms with Crippen molar-refractivity contribution in [3.05, 3.63) is 107 Å². The molecule has 2 N–H and O–H groups in total. The fourth-order valence-corrected chi connectivity index (χ4v) is 5.53. The van der Waals surface area contributed by atoms with E-state index in [-0.39, 0.29) is 23.5 Å². The first-order valence-corrected chi connectivity index (χ1v) is 11.6. The highest BCUT2D eigenvalue weighted by Crippen LogP contribution is 2.51. The van der Waals surface area contributed by atoms with E-state index in [1.807, 2.05) is 36.4 Å². The molecule has 0 unspecified atom stereocenters. The summed E-state index contributed by atoms with van der Waals surface area (Å²) < 4.78 is 5.36. The van der Waals surface area contributed by atoms with E-state index >= 15 is 0 Å². The van der Waals surface area contributed by atoms with Gasteiger partial charge in [0.2, 0.25) is 0 Å². The lowest BCUT2D eigenvalue weighted by molar-refractivity contribution is -0.116. The number of phenolic OH excluding ortho intramolecular Hbond substituents is 1. The SMILES string of the molecule is COc1cc([C@@H]2Nc3ccc4ccccc4c3C3=C2C(=O)C[C@@H](c2ccccc2)C3)ccc1O. The second-order valence-electron chi connectivity index (χ2n) is 9.05. The number of hydrogen-bond acceptors (Lipinski definition) is 4. The Kier molecular flexibility index (Phi) is 4.88. The first kappa shape index (κ1) is 20.5. The first-order chi connectivity index (χ1) is 16.6. The number of benzene rings is 4. The number of ketones is 1. The molecule has 1 aliphatic carbocycles. The number of rotatable bonds is 3. The van der Waals surface area contributed by atoms with Crippen LogP contribution in [-0.2, 0) is 4.79 Å². The zero-order valence-electron chi connectivity index (χ0n) is 18.9. The summed E-state index contributed by atoms with van der Waals surface area (Å²) in [4.78, 5) is 13.8. The van der Waals surface area contributed by atoms with E-state index in [0.717, 1.165) is 45.2 Å². The van der Waals surface area contributed by atoms with Crippen molar-refractivity contribution in [3.63, 3.8) is 0 Å². The Morgan fingerprint density at radius 2 is 1.68 bits per heavy atom. The molecule has 1 aliphatic heterocycles. The molecule has 2 aliphatic rings. The summed E-state index contributed by atoms with van der Waals surface area (Å²) in [6, 6.07) is 28.0. The van der Waals surface area contributed by atoms with Crippen LogP contribution in [0.25, 0.3) is 16.3 Å². The maximum Gasteiger partial charge on any atom is 0.162 e. The zero-order valence-corrected chi connectivity index (χ0v) is 18.9. The molecule has 0 bridgehead atoms. The van der Waals surface area contributed by atoms with Crippen LogP contribution in [0.4, 0.5) is 5.69 Å². The van der Waals surface area contributed by atoms with Crippen LogP contribution in [0.5, 0.6) is 11.5 Å². The van der Waals surface area contributed by atoms with Gasteiger partial charge in [0.1, 0.15) is 0 Å². The average molecular weight is 448 g/mol. The highest BCUT2D eigenvalue weighted by molar-refractivity contribution is 6.13. The molecule has 4 heteroatoms. The molecule has 168 valence electrons.